The Labute approximate surface area is 124 Å². The minimum atomic E-state index is -0.342. The van der Waals surface area contributed by atoms with Crippen LogP contribution in [-0.2, 0) is 16.1 Å². The molecule has 1 aliphatic heterocycles. The van der Waals surface area contributed by atoms with E-state index < -0.39 is 0 Å². The smallest absolute Gasteiger partial charge is 0.231 e. The summed E-state index contributed by atoms with van der Waals surface area (Å²) in [5.41, 5.74) is 6.31. The van der Waals surface area contributed by atoms with Crippen molar-refractivity contribution in [2.75, 3.05) is 26.2 Å². The van der Waals surface area contributed by atoms with Crippen molar-refractivity contribution in [2.45, 2.75) is 26.3 Å². The molecule has 0 radical (unpaired) electrons. The summed E-state index contributed by atoms with van der Waals surface area (Å²) in [7, 11) is 0. The Morgan fingerprint density at radius 1 is 1.52 bits per heavy atom. The van der Waals surface area contributed by atoms with Crippen LogP contribution in [0.4, 0.5) is 0 Å². The van der Waals surface area contributed by atoms with Crippen LogP contribution < -0.4 is 11.1 Å². The van der Waals surface area contributed by atoms with Gasteiger partial charge in [-0.05, 0) is 31.9 Å². The van der Waals surface area contributed by atoms with Crippen LogP contribution in [0.25, 0.3) is 0 Å². The van der Waals surface area contributed by atoms with E-state index in [1.165, 1.54) is 0 Å². The van der Waals surface area contributed by atoms with Crippen molar-refractivity contribution in [3.63, 3.8) is 0 Å². The quantitative estimate of drug-likeness (QED) is 0.740. The molecule has 7 heteroatoms. The van der Waals surface area contributed by atoms with Gasteiger partial charge in [0.1, 0.15) is 0 Å². The third-order valence-corrected chi connectivity index (χ3v) is 3.66. The largest absolute Gasteiger partial charge is 0.369 e. The van der Waals surface area contributed by atoms with E-state index in [-0.39, 0.29) is 24.3 Å². The maximum absolute atomic E-state index is 12.1. The molecule has 0 aromatic carbocycles. The monoisotopic (exact) mass is 293 g/mol. The third-order valence-electron chi connectivity index (χ3n) is 3.66. The first-order valence-corrected chi connectivity index (χ1v) is 7.32. The lowest BCUT2D eigenvalue weighted by atomic mass is 9.97. The SMILES string of the molecule is Cc1cnn(CCNC(=O)C2CCCN(CC(N)=O)C2)c1. The van der Waals surface area contributed by atoms with Gasteiger partial charge in [0.2, 0.25) is 11.8 Å². The number of nitrogens with one attached hydrogen (secondary N) is 1. The number of rotatable bonds is 6. The van der Waals surface area contributed by atoms with Gasteiger partial charge in [-0.1, -0.05) is 0 Å². The Kier molecular flexibility index (Phi) is 5.32. The van der Waals surface area contributed by atoms with Crippen molar-refractivity contribution in [2.24, 2.45) is 11.7 Å². The predicted octanol–water partition coefficient (Wildman–Crippen LogP) is -0.495. The van der Waals surface area contributed by atoms with Gasteiger partial charge in [0.05, 0.1) is 25.2 Å². The number of aromatic nitrogens is 2. The number of nitrogens with two attached hydrogens (primary N) is 1. The summed E-state index contributed by atoms with van der Waals surface area (Å²) in [6, 6.07) is 0. The van der Waals surface area contributed by atoms with Crippen LogP contribution >= 0.6 is 0 Å². The van der Waals surface area contributed by atoms with E-state index in [1.807, 2.05) is 22.7 Å². The second-order valence-corrected chi connectivity index (χ2v) is 5.61. The summed E-state index contributed by atoms with van der Waals surface area (Å²) < 4.78 is 1.82. The standard InChI is InChI=1S/C14H23N5O2/c1-11-7-17-19(8-11)6-4-16-14(21)12-3-2-5-18(9-12)10-13(15)20/h7-8,12H,2-6,9-10H2,1H3,(H2,15,20)(H,16,21). The highest BCUT2D eigenvalue weighted by molar-refractivity contribution is 5.79. The van der Waals surface area contributed by atoms with Crippen LogP contribution in [-0.4, -0.2) is 52.7 Å². The Hall–Kier alpha value is -1.89. The van der Waals surface area contributed by atoms with Gasteiger partial charge < -0.3 is 11.1 Å². The van der Waals surface area contributed by atoms with Crippen molar-refractivity contribution in [3.05, 3.63) is 18.0 Å². The molecule has 1 unspecified atom stereocenters. The van der Waals surface area contributed by atoms with Gasteiger partial charge in [0.25, 0.3) is 0 Å². The average molecular weight is 293 g/mol. The van der Waals surface area contributed by atoms with Crippen molar-refractivity contribution >= 4 is 11.8 Å². The number of hydrogen-bond acceptors (Lipinski definition) is 4. The fourth-order valence-electron chi connectivity index (χ4n) is 2.66. The number of aryl methyl sites for hydroxylation is 1. The highest BCUT2D eigenvalue weighted by atomic mass is 16.2. The van der Waals surface area contributed by atoms with Gasteiger partial charge in [-0.3, -0.25) is 19.2 Å². The molecule has 0 saturated carbocycles. The second kappa shape index (κ2) is 7.21. The van der Waals surface area contributed by atoms with E-state index >= 15 is 0 Å². The van der Waals surface area contributed by atoms with Gasteiger partial charge >= 0.3 is 0 Å². The Balaban J connectivity index is 1.73. The zero-order valence-electron chi connectivity index (χ0n) is 12.4. The summed E-state index contributed by atoms with van der Waals surface area (Å²) in [6.07, 6.45) is 5.53. The van der Waals surface area contributed by atoms with Crippen LogP contribution in [0.5, 0.6) is 0 Å². The Morgan fingerprint density at radius 3 is 3.00 bits per heavy atom. The number of primary amides is 1. The predicted molar refractivity (Wildman–Crippen MR) is 78.3 cm³/mol. The number of amides is 2. The van der Waals surface area contributed by atoms with Crippen LogP contribution in [0.2, 0.25) is 0 Å². The molecule has 1 saturated heterocycles. The minimum Gasteiger partial charge on any atom is -0.369 e. The molecule has 116 valence electrons. The Bertz CT molecular complexity index is 499. The minimum absolute atomic E-state index is 0.0491. The number of carbonyl (C=O) groups is 2. The van der Waals surface area contributed by atoms with Crippen molar-refractivity contribution in [1.29, 1.82) is 0 Å². The molecule has 7 nitrogen and oxygen atoms in total. The molecular formula is C14H23N5O2. The van der Waals surface area contributed by atoms with Crippen LogP contribution in [0.1, 0.15) is 18.4 Å². The fraction of sp³-hybridized carbons (Fsp3) is 0.643. The van der Waals surface area contributed by atoms with Gasteiger partial charge in [-0.2, -0.15) is 5.10 Å². The van der Waals surface area contributed by atoms with E-state index in [2.05, 4.69) is 10.4 Å². The number of hydrogen-bond donors (Lipinski definition) is 2. The molecule has 1 aliphatic rings. The van der Waals surface area contributed by atoms with E-state index in [0.717, 1.165) is 24.9 Å². The highest BCUT2D eigenvalue weighted by Gasteiger charge is 2.26. The summed E-state index contributed by atoms with van der Waals surface area (Å²) >= 11 is 0. The molecule has 2 rings (SSSR count). The summed E-state index contributed by atoms with van der Waals surface area (Å²) in [6.45, 7) is 4.88. The molecule has 21 heavy (non-hydrogen) atoms. The summed E-state index contributed by atoms with van der Waals surface area (Å²) in [5.74, 6) is -0.351. The average Bonchev–Trinajstić information content (AvgIpc) is 2.84. The molecule has 1 aromatic heterocycles. The van der Waals surface area contributed by atoms with E-state index in [9.17, 15) is 9.59 Å². The molecule has 1 aromatic rings. The van der Waals surface area contributed by atoms with Crippen LogP contribution in [0.3, 0.4) is 0 Å². The first-order chi connectivity index (χ1) is 10.0. The van der Waals surface area contributed by atoms with Gasteiger partial charge in [0, 0.05) is 19.3 Å². The zero-order chi connectivity index (χ0) is 15.2. The molecule has 1 fully saturated rings. The molecule has 2 amide bonds. The number of carbonyl (C=O) groups excluding carboxylic acids is 2. The second-order valence-electron chi connectivity index (χ2n) is 5.61. The molecule has 0 bridgehead atoms. The molecule has 1 atom stereocenters. The molecule has 0 aliphatic carbocycles. The first kappa shape index (κ1) is 15.5. The number of piperidine rings is 1. The zero-order valence-corrected chi connectivity index (χ0v) is 12.4. The normalized spacial score (nSPS) is 19.4. The number of nitrogens with zero attached hydrogens (tertiary/aromatic N) is 3. The first-order valence-electron chi connectivity index (χ1n) is 7.32. The van der Waals surface area contributed by atoms with Crippen molar-refractivity contribution in [3.8, 4) is 0 Å². The summed E-state index contributed by atoms with van der Waals surface area (Å²) in [4.78, 5) is 25.0. The third kappa shape index (κ3) is 4.86. The fourth-order valence-corrected chi connectivity index (χ4v) is 2.66. The van der Waals surface area contributed by atoms with Crippen LogP contribution in [0.15, 0.2) is 12.4 Å². The number of likely N-dealkylation sites (tertiary alicyclic amines) is 1. The lowest BCUT2D eigenvalue weighted by Crippen LogP contribution is -2.46. The van der Waals surface area contributed by atoms with Gasteiger partial charge in [-0.25, -0.2) is 0 Å². The van der Waals surface area contributed by atoms with Gasteiger partial charge in [-0.15, -0.1) is 0 Å². The lowest BCUT2D eigenvalue weighted by molar-refractivity contribution is -0.128. The maximum Gasteiger partial charge on any atom is 0.231 e. The molecule has 0 spiro atoms. The summed E-state index contributed by atoms with van der Waals surface area (Å²) in [5, 5.41) is 7.12. The molecule has 3 N–H and O–H groups in total. The van der Waals surface area contributed by atoms with E-state index in [4.69, 9.17) is 5.73 Å². The van der Waals surface area contributed by atoms with Crippen molar-refractivity contribution < 1.29 is 9.59 Å². The van der Waals surface area contributed by atoms with E-state index in [0.29, 0.717) is 19.6 Å². The molecular weight excluding hydrogens is 270 g/mol. The van der Waals surface area contributed by atoms with E-state index in [1.54, 1.807) is 6.20 Å². The maximum atomic E-state index is 12.1. The van der Waals surface area contributed by atoms with Crippen LogP contribution in [0, 0.1) is 12.8 Å². The van der Waals surface area contributed by atoms with Crippen molar-refractivity contribution in [1.82, 2.24) is 20.0 Å². The Morgan fingerprint density at radius 2 is 2.33 bits per heavy atom. The van der Waals surface area contributed by atoms with Gasteiger partial charge in [0.15, 0.2) is 0 Å². The topological polar surface area (TPSA) is 93.2 Å². The molecule has 2 heterocycles. The lowest BCUT2D eigenvalue weighted by Gasteiger charge is -2.30. The highest BCUT2D eigenvalue weighted by Crippen LogP contribution is 2.16.